The molecule has 0 aromatic carbocycles. The summed E-state index contributed by atoms with van der Waals surface area (Å²) in [4.78, 5) is 18.9. The second-order valence-electron chi connectivity index (χ2n) is 7.03. The number of carbonyl (C=O) groups is 1. The molecule has 1 aromatic heterocycles. The first-order chi connectivity index (χ1) is 10.5. The highest BCUT2D eigenvalue weighted by atomic mass is 16.2. The monoisotopic (exact) mass is 305 g/mol. The number of hydrogen-bond donors (Lipinski definition) is 1. The van der Waals surface area contributed by atoms with Crippen molar-refractivity contribution in [1.82, 2.24) is 24.9 Å². The minimum Gasteiger partial charge on any atom is -0.343 e. The average Bonchev–Trinajstić information content (AvgIpc) is 2.90. The number of aromatic nitrogens is 2. The summed E-state index contributed by atoms with van der Waals surface area (Å²) in [6.07, 6.45) is 1.01. The van der Waals surface area contributed by atoms with Crippen LogP contribution >= 0.6 is 0 Å². The van der Waals surface area contributed by atoms with Crippen LogP contribution in [0.5, 0.6) is 0 Å². The molecule has 2 fully saturated rings. The van der Waals surface area contributed by atoms with Gasteiger partial charge in [0.25, 0.3) is 0 Å². The van der Waals surface area contributed by atoms with E-state index in [-0.39, 0.29) is 11.9 Å². The van der Waals surface area contributed by atoms with E-state index < -0.39 is 0 Å². The third-order valence-electron chi connectivity index (χ3n) is 4.65. The summed E-state index contributed by atoms with van der Waals surface area (Å²) in [7, 11) is 1.91. The van der Waals surface area contributed by atoms with E-state index in [9.17, 15) is 4.79 Å². The lowest BCUT2D eigenvalue weighted by atomic mass is 10.1. The smallest absolute Gasteiger partial charge is 0.241 e. The van der Waals surface area contributed by atoms with Gasteiger partial charge in [-0.15, -0.1) is 0 Å². The lowest BCUT2D eigenvalue weighted by Gasteiger charge is -2.45. The highest BCUT2D eigenvalue weighted by Gasteiger charge is 2.37. The van der Waals surface area contributed by atoms with Gasteiger partial charge in [0.15, 0.2) is 0 Å². The van der Waals surface area contributed by atoms with Gasteiger partial charge in [-0.05, 0) is 18.4 Å². The zero-order valence-corrected chi connectivity index (χ0v) is 13.9. The minimum absolute atomic E-state index is 0.0329. The molecule has 0 unspecified atom stereocenters. The molecule has 0 spiro atoms. The maximum atomic E-state index is 12.3. The first-order valence-corrected chi connectivity index (χ1v) is 8.27. The number of nitrogens with one attached hydrogen (secondary N) is 1. The molecule has 2 aliphatic rings. The van der Waals surface area contributed by atoms with Crippen molar-refractivity contribution in [2.45, 2.75) is 32.9 Å². The Balaban J connectivity index is 1.59. The van der Waals surface area contributed by atoms with Gasteiger partial charge in [-0.25, -0.2) is 0 Å². The van der Waals surface area contributed by atoms with Crippen molar-refractivity contribution in [2.75, 3.05) is 39.8 Å². The second kappa shape index (κ2) is 6.38. The van der Waals surface area contributed by atoms with Gasteiger partial charge < -0.3 is 4.90 Å². The van der Waals surface area contributed by atoms with Crippen LogP contribution in [0.2, 0.25) is 0 Å². The normalized spacial score (nSPS) is 24.1. The Hall–Kier alpha value is -1.40. The van der Waals surface area contributed by atoms with Crippen molar-refractivity contribution in [3.63, 3.8) is 0 Å². The van der Waals surface area contributed by atoms with Gasteiger partial charge in [0.2, 0.25) is 5.91 Å². The van der Waals surface area contributed by atoms with Gasteiger partial charge in [0.1, 0.15) is 6.04 Å². The average molecular weight is 305 g/mol. The van der Waals surface area contributed by atoms with Crippen LogP contribution < -0.4 is 0 Å². The Bertz CT molecular complexity index is 526. The number of hydrogen-bond acceptors (Lipinski definition) is 4. The third-order valence-corrected chi connectivity index (χ3v) is 4.65. The van der Waals surface area contributed by atoms with Gasteiger partial charge >= 0.3 is 0 Å². The minimum atomic E-state index is 0.0329. The summed E-state index contributed by atoms with van der Waals surface area (Å²) >= 11 is 0. The van der Waals surface area contributed by atoms with E-state index in [0.29, 0.717) is 5.92 Å². The topological polar surface area (TPSA) is 55.5 Å². The molecule has 0 saturated carbocycles. The molecule has 1 aromatic rings. The van der Waals surface area contributed by atoms with Crippen LogP contribution in [0.25, 0.3) is 0 Å². The Morgan fingerprint density at radius 1 is 1.32 bits per heavy atom. The van der Waals surface area contributed by atoms with Crippen molar-refractivity contribution in [3.8, 4) is 0 Å². The number of nitrogens with zero attached hydrogens (tertiary/aromatic N) is 4. The molecule has 2 saturated heterocycles. The van der Waals surface area contributed by atoms with Crippen molar-refractivity contribution >= 4 is 5.91 Å². The number of likely N-dealkylation sites (N-methyl/N-ethyl adjacent to an activating group) is 1. The first-order valence-electron chi connectivity index (χ1n) is 8.27. The lowest BCUT2D eigenvalue weighted by Crippen LogP contribution is -2.63. The maximum absolute atomic E-state index is 12.3. The van der Waals surface area contributed by atoms with Gasteiger partial charge in [0.05, 0.1) is 5.69 Å². The Kier molecular flexibility index (Phi) is 4.49. The molecule has 3 heterocycles. The number of piperazine rings is 2. The molecule has 0 bridgehead atoms. The second-order valence-corrected chi connectivity index (χ2v) is 7.03. The predicted molar refractivity (Wildman–Crippen MR) is 85.4 cm³/mol. The van der Waals surface area contributed by atoms with Crippen LogP contribution in [0.3, 0.4) is 0 Å². The molecule has 22 heavy (non-hydrogen) atoms. The number of carbonyl (C=O) groups excluding carboxylic acids is 1. The van der Waals surface area contributed by atoms with E-state index >= 15 is 0 Å². The zero-order valence-electron chi connectivity index (χ0n) is 13.9. The van der Waals surface area contributed by atoms with Gasteiger partial charge in [-0.1, -0.05) is 13.8 Å². The van der Waals surface area contributed by atoms with Crippen LogP contribution in [0.1, 0.15) is 25.2 Å². The summed E-state index contributed by atoms with van der Waals surface area (Å²) < 4.78 is 0. The Morgan fingerprint density at radius 2 is 2.09 bits per heavy atom. The van der Waals surface area contributed by atoms with Gasteiger partial charge in [-0.3, -0.25) is 19.7 Å². The van der Waals surface area contributed by atoms with Crippen LogP contribution in [0, 0.1) is 5.92 Å². The van der Waals surface area contributed by atoms with Crippen LogP contribution in [0.4, 0.5) is 0 Å². The fourth-order valence-electron chi connectivity index (χ4n) is 3.42. The third kappa shape index (κ3) is 3.33. The molecule has 6 heteroatoms. The van der Waals surface area contributed by atoms with E-state index in [1.165, 1.54) is 0 Å². The van der Waals surface area contributed by atoms with Crippen molar-refractivity contribution in [1.29, 1.82) is 0 Å². The first kappa shape index (κ1) is 15.5. The Morgan fingerprint density at radius 3 is 2.86 bits per heavy atom. The van der Waals surface area contributed by atoms with E-state index in [2.05, 4.69) is 39.9 Å². The number of fused-ring (bicyclic) bond motifs is 1. The quantitative estimate of drug-likeness (QED) is 0.883. The van der Waals surface area contributed by atoms with Crippen molar-refractivity contribution in [2.24, 2.45) is 5.92 Å². The molecule has 1 atom stereocenters. The molecule has 0 aliphatic carbocycles. The van der Waals surface area contributed by atoms with E-state index in [0.717, 1.165) is 57.1 Å². The largest absolute Gasteiger partial charge is 0.343 e. The zero-order chi connectivity index (χ0) is 15.7. The van der Waals surface area contributed by atoms with Crippen molar-refractivity contribution in [3.05, 3.63) is 17.5 Å². The fourth-order valence-corrected chi connectivity index (χ4v) is 3.42. The molecular formula is C16H27N5O. The van der Waals surface area contributed by atoms with Gasteiger partial charge in [0, 0.05) is 52.0 Å². The van der Waals surface area contributed by atoms with E-state index in [1.807, 2.05) is 11.9 Å². The van der Waals surface area contributed by atoms with Crippen LogP contribution in [-0.4, -0.2) is 76.6 Å². The van der Waals surface area contributed by atoms with Crippen LogP contribution in [0.15, 0.2) is 6.07 Å². The number of amides is 1. The summed E-state index contributed by atoms with van der Waals surface area (Å²) in [5.41, 5.74) is 2.29. The predicted octanol–water partition coefficient (Wildman–Crippen LogP) is 0.566. The molecule has 1 N–H and O–H groups in total. The lowest BCUT2D eigenvalue weighted by molar-refractivity contribution is -0.143. The molecule has 3 rings (SSSR count). The molecule has 1 amide bonds. The number of H-pyrrole nitrogens is 1. The summed E-state index contributed by atoms with van der Waals surface area (Å²) in [6, 6.07) is 2.20. The summed E-state index contributed by atoms with van der Waals surface area (Å²) in [5, 5.41) is 7.54. The Labute approximate surface area is 132 Å². The fraction of sp³-hybridized carbons (Fsp3) is 0.750. The number of aromatic amines is 1. The highest BCUT2D eigenvalue weighted by Crippen LogP contribution is 2.18. The molecule has 6 nitrogen and oxygen atoms in total. The maximum Gasteiger partial charge on any atom is 0.241 e. The van der Waals surface area contributed by atoms with Gasteiger partial charge in [-0.2, -0.15) is 5.10 Å². The molecule has 122 valence electrons. The number of rotatable bonds is 4. The van der Waals surface area contributed by atoms with E-state index in [4.69, 9.17) is 0 Å². The molecule has 2 aliphatic heterocycles. The SMILES string of the molecule is CC(C)Cc1cc(CN2CCN3CCN(C)C(=O)[C@H]3C2)[nH]n1. The van der Waals surface area contributed by atoms with Crippen molar-refractivity contribution < 1.29 is 4.79 Å². The summed E-state index contributed by atoms with van der Waals surface area (Å²) in [5.74, 6) is 0.885. The standard InChI is InChI=1S/C16H27N5O/c1-12(2)8-13-9-14(18-17-13)10-20-5-7-21-6-4-19(3)16(22)15(21)11-20/h9,12,15H,4-8,10-11H2,1-3H3,(H,17,18)/t15-/m1/s1. The van der Waals surface area contributed by atoms with Crippen LogP contribution in [-0.2, 0) is 17.8 Å². The van der Waals surface area contributed by atoms with E-state index in [1.54, 1.807) is 0 Å². The molecular weight excluding hydrogens is 278 g/mol. The molecule has 0 radical (unpaired) electrons. The highest BCUT2D eigenvalue weighted by molar-refractivity contribution is 5.82. The summed E-state index contributed by atoms with van der Waals surface area (Å²) in [6.45, 7) is 9.95.